The lowest BCUT2D eigenvalue weighted by atomic mass is 10.4. The monoisotopic (exact) mass is 214 g/mol. The summed E-state index contributed by atoms with van der Waals surface area (Å²) in [7, 11) is -3.36. The molecule has 6 nitrogen and oxygen atoms in total. The largest absolute Gasteiger partial charge is 0.384 e. The highest BCUT2D eigenvalue weighted by Crippen LogP contribution is 2.20. The van der Waals surface area contributed by atoms with Crippen molar-refractivity contribution < 1.29 is 8.42 Å². The number of nitrogens with zero attached hydrogens (tertiary/aromatic N) is 2. The Bertz CT molecular complexity index is 445. The Morgan fingerprint density at radius 3 is 2.93 bits per heavy atom. The normalized spacial score (nSPS) is 19.9. The molecule has 0 radical (unpaired) electrons. The first kappa shape index (κ1) is 9.22. The summed E-state index contributed by atoms with van der Waals surface area (Å²) >= 11 is 0. The van der Waals surface area contributed by atoms with Gasteiger partial charge in [-0.25, -0.2) is 4.98 Å². The Labute approximate surface area is 81.9 Å². The molecule has 7 heteroatoms. The lowest BCUT2D eigenvalue weighted by Gasteiger charge is -2.15. The van der Waals surface area contributed by atoms with Gasteiger partial charge in [0.05, 0.1) is 5.69 Å². The van der Waals surface area contributed by atoms with Gasteiger partial charge in [0, 0.05) is 25.4 Å². The van der Waals surface area contributed by atoms with Crippen LogP contribution in [0.4, 0.5) is 11.5 Å². The lowest BCUT2D eigenvalue weighted by molar-refractivity contribution is 0.592. The number of rotatable bonds is 1. The number of pyridine rings is 1. The van der Waals surface area contributed by atoms with Gasteiger partial charge in [0.15, 0.2) is 0 Å². The predicted molar refractivity (Wildman–Crippen MR) is 52.9 cm³/mol. The van der Waals surface area contributed by atoms with Gasteiger partial charge in [-0.1, -0.05) is 0 Å². The summed E-state index contributed by atoms with van der Waals surface area (Å²) < 4.78 is 26.5. The smallest absolute Gasteiger partial charge is 0.301 e. The number of hydrogen-bond acceptors (Lipinski definition) is 4. The van der Waals surface area contributed by atoms with Crippen LogP contribution < -0.4 is 14.8 Å². The molecule has 2 heterocycles. The first-order chi connectivity index (χ1) is 6.59. The van der Waals surface area contributed by atoms with Gasteiger partial charge in [-0.05, 0) is 6.07 Å². The minimum Gasteiger partial charge on any atom is -0.384 e. The van der Waals surface area contributed by atoms with Gasteiger partial charge in [0.2, 0.25) is 0 Å². The molecule has 3 N–H and O–H groups in total. The number of aromatic nitrogens is 1. The molecule has 0 saturated carbocycles. The minimum absolute atomic E-state index is 0.310. The summed E-state index contributed by atoms with van der Waals surface area (Å²) in [5, 5.41) is 0. The van der Waals surface area contributed by atoms with Crippen molar-refractivity contribution in [3.8, 4) is 0 Å². The number of nitrogens with two attached hydrogens (primary N) is 1. The van der Waals surface area contributed by atoms with Crippen LogP contribution >= 0.6 is 0 Å². The van der Waals surface area contributed by atoms with Crippen molar-refractivity contribution in [2.75, 3.05) is 23.1 Å². The van der Waals surface area contributed by atoms with Crippen LogP contribution in [0.5, 0.6) is 0 Å². The quantitative estimate of drug-likeness (QED) is 0.648. The van der Waals surface area contributed by atoms with Crippen molar-refractivity contribution >= 4 is 21.7 Å². The maximum atomic E-state index is 11.4. The van der Waals surface area contributed by atoms with Gasteiger partial charge < -0.3 is 5.73 Å². The highest BCUT2D eigenvalue weighted by Gasteiger charge is 2.27. The van der Waals surface area contributed by atoms with Crippen molar-refractivity contribution in [2.24, 2.45) is 0 Å². The van der Waals surface area contributed by atoms with Crippen LogP contribution in [-0.4, -0.2) is 26.5 Å². The summed E-state index contributed by atoms with van der Waals surface area (Å²) in [6.45, 7) is 0.844. The second-order valence-electron chi connectivity index (χ2n) is 2.91. The van der Waals surface area contributed by atoms with Crippen LogP contribution in [-0.2, 0) is 10.2 Å². The van der Waals surface area contributed by atoms with E-state index < -0.39 is 10.2 Å². The van der Waals surface area contributed by atoms with E-state index in [1.54, 1.807) is 6.07 Å². The highest BCUT2D eigenvalue weighted by molar-refractivity contribution is 7.91. The standard InChI is InChI=1S/C7H10N4O2S/c8-7-5-6(1-2-9-7)11-4-3-10-14(11,12)13/h1-2,5,10H,3-4H2,(H2,8,9). The molecule has 1 aromatic rings. The minimum atomic E-state index is -3.36. The van der Waals surface area contributed by atoms with Gasteiger partial charge >= 0.3 is 10.2 Å². The molecule has 76 valence electrons. The Morgan fingerprint density at radius 2 is 2.36 bits per heavy atom. The van der Waals surface area contributed by atoms with E-state index in [-0.39, 0.29) is 0 Å². The first-order valence-corrected chi connectivity index (χ1v) is 5.52. The van der Waals surface area contributed by atoms with Crippen molar-refractivity contribution in [3.63, 3.8) is 0 Å². The fourth-order valence-electron chi connectivity index (χ4n) is 1.33. The summed E-state index contributed by atoms with van der Waals surface area (Å²) in [6.07, 6.45) is 1.48. The molecule has 1 aliphatic heterocycles. The van der Waals surface area contributed by atoms with Crippen molar-refractivity contribution in [2.45, 2.75) is 0 Å². The number of nitrogens with one attached hydrogen (secondary N) is 1. The van der Waals surface area contributed by atoms with Crippen LogP contribution in [0.2, 0.25) is 0 Å². The molecule has 2 rings (SSSR count). The summed E-state index contributed by atoms with van der Waals surface area (Å²) in [6, 6.07) is 3.14. The van der Waals surface area contributed by atoms with Gasteiger partial charge in [0.25, 0.3) is 0 Å². The number of hydrogen-bond donors (Lipinski definition) is 2. The van der Waals surface area contributed by atoms with Crippen molar-refractivity contribution in [1.29, 1.82) is 0 Å². The van der Waals surface area contributed by atoms with Crippen LogP contribution in [0, 0.1) is 0 Å². The molecule has 0 spiro atoms. The maximum absolute atomic E-state index is 11.4. The van der Waals surface area contributed by atoms with E-state index in [2.05, 4.69) is 9.71 Å². The molecule has 1 saturated heterocycles. The molecule has 14 heavy (non-hydrogen) atoms. The Kier molecular flexibility index (Phi) is 2.05. The average Bonchev–Trinajstić information content (AvgIpc) is 2.45. The lowest BCUT2D eigenvalue weighted by Crippen LogP contribution is -2.29. The topological polar surface area (TPSA) is 88.3 Å². The second kappa shape index (κ2) is 3.10. The Morgan fingerprint density at radius 1 is 1.57 bits per heavy atom. The van der Waals surface area contributed by atoms with Crippen LogP contribution in [0.3, 0.4) is 0 Å². The molecule has 0 aromatic carbocycles. The van der Waals surface area contributed by atoms with E-state index in [9.17, 15) is 8.42 Å². The molecular formula is C7H10N4O2S. The SMILES string of the molecule is Nc1cc(N2CCNS2(=O)=O)ccn1. The molecule has 0 atom stereocenters. The molecule has 1 aliphatic rings. The molecule has 1 fully saturated rings. The van der Waals surface area contributed by atoms with Crippen molar-refractivity contribution in [3.05, 3.63) is 18.3 Å². The third-order valence-corrected chi connectivity index (χ3v) is 3.48. The Hall–Kier alpha value is -1.34. The summed E-state index contributed by atoms with van der Waals surface area (Å²) in [5.74, 6) is 0.310. The summed E-state index contributed by atoms with van der Waals surface area (Å²) in [4.78, 5) is 3.79. The van der Waals surface area contributed by atoms with Crippen molar-refractivity contribution in [1.82, 2.24) is 9.71 Å². The van der Waals surface area contributed by atoms with E-state index in [1.807, 2.05) is 0 Å². The molecule has 1 aromatic heterocycles. The molecule has 0 bridgehead atoms. The molecule has 0 unspecified atom stereocenters. The van der Waals surface area contributed by atoms with Crippen LogP contribution in [0.1, 0.15) is 0 Å². The third-order valence-electron chi connectivity index (χ3n) is 1.94. The maximum Gasteiger partial charge on any atom is 0.301 e. The molecule has 0 amide bonds. The second-order valence-corrected chi connectivity index (χ2v) is 4.59. The zero-order valence-corrected chi connectivity index (χ0v) is 8.16. The van der Waals surface area contributed by atoms with E-state index in [4.69, 9.17) is 5.73 Å². The van der Waals surface area contributed by atoms with E-state index in [1.165, 1.54) is 16.6 Å². The molecule has 0 aliphatic carbocycles. The first-order valence-electron chi connectivity index (χ1n) is 4.08. The van der Waals surface area contributed by atoms with E-state index in [0.29, 0.717) is 24.6 Å². The van der Waals surface area contributed by atoms with Gasteiger partial charge in [-0.15, -0.1) is 0 Å². The molecular weight excluding hydrogens is 204 g/mol. The summed E-state index contributed by atoms with van der Waals surface area (Å²) in [5.41, 5.74) is 6.01. The zero-order valence-electron chi connectivity index (χ0n) is 7.34. The fraction of sp³-hybridized carbons (Fsp3) is 0.286. The third kappa shape index (κ3) is 1.51. The van der Waals surface area contributed by atoms with Gasteiger partial charge in [-0.3, -0.25) is 4.31 Å². The van der Waals surface area contributed by atoms with E-state index >= 15 is 0 Å². The Balaban J connectivity index is 2.41. The highest BCUT2D eigenvalue weighted by atomic mass is 32.2. The zero-order chi connectivity index (χ0) is 10.2. The van der Waals surface area contributed by atoms with Crippen LogP contribution in [0.25, 0.3) is 0 Å². The fourth-order valence-corrected chi connectivity index (χ4v) is 2.56. The van der Waals surface area contributed by atoms with Gasteiger partial charge in [-0.2, -0.15) is 13.1 Å². The number of anilines is 2. The number of nitrogen functional groups attached to an aromatic ring is 1. The average molecular weight is 214 g/mol. The van der Waals surface area contributed by atoms with Gasteiger partial charge in [0.1, 0.15) is 5.82 Å². The predicted octanol–water partition coefficient (Wildman–Crippen LogP) is -0.682. The van der Waals surface area contributed by atoms with E-state index in [0.717, 1.165) is 0 Å². The van der Waals surface area contributed by atoms with Crippen LogP contribution in [0.15, 0.2) is 18.3 Å².